The summed E-state index contributed by atoms with van der Waals surface area (Å²) < 4.78 is 5.52. The van der Waals surface area contributed by atoms with E-state index in [1.807, 2.05) is 0 Å². The van der Waals surface area contributed by atoms with Crippen molar-refractivity contribution < 1.29 is 4.74 Å². The van der Waals surface area contributed by atoms with E-state index in [0.717, 1.165) is 5.92 Å². The Morgan fingerprint density at radius 1 is 1.17 bits per heavy atom. The second kappa shape index (κ2) is 2.73. The summed E-state index contributed by atoms with van der Waals surface area (Å²) in [5.74, 6) is 0.939. The van der Waals surface area contributed by atoms with E-state index < -0.39 is 0 Å². The van der Waals surface area contributed by atoms with Crippen LogP contribution < -0.4 is 0 Å². The van der Waals surface area contributed by atoms with Gasteiger partial charge in [0.05, 0.1) is 12.2 Å². The summed E-state index contributed by atoms with van der Waals surface area (Å²) in [6.45, 7) is 7.02. The van der Waals surface area contributed by atoms with Crippen molar-refractivity contribution in [1.82, 2.24) is 0 Å². The SMILES string of the molecule is CC(C)(C)CC1CCC2OC2C1. The molecule has 3 unspecified atom stereocenters. The molecule has 0 bridgehead atoms. The molecule has 2 rings (SSSR count). The maximum atomic E-state index is 5.52. The van der Waals surface area contributed by atoms with Gasteiger partial charge in [0.1, 0.15) is 0 Å². The molecule has 1 heterocycles. The van der Waals surface area contributed by atoms with Crippen molar-refractivity contribution in [3.8, 4) is 0 Å². The molecule has 1 aliphatic heterocycles. The molecular weight excluding hydrogens is 148 g/mol. The monoisotopic (exact) mass is 168 g/mol. The van der Waals surface area contributed by atoms with E-state index in [-0.39, 0.29) is 0 Å². The normalized spacial score (nSPS) is 40.8. The lowest BCUT2D eigenvalue weighted by atomic mass is 9.78. The summed E-state index contributed by atoms with van der Waals surface area (Å²) in [5.41, 5.74) is 0.506. The van der Waals surface area contributed by atoms with Gasteiger partial charge in [-0.25, -0.2) is 0 Å². The molecule has 3 atom stereocenters. The lowest BCUT2D eigenvalue weighted by molar-refractivity contribution is 0.251. The van der Waals surface area contributed by atoms with Gasteiger partial charge in [0.15, 0.2) is 0 Å². The first kappa shape index (κ1) is 8.55. The molecule has 0 aromatic heterocycles. The third-order valence-corrected chi connectivity index (χ3v) is 3.01. The van der Waals surface area contributed by atoms with E-state index in [1.165, 1.54) is 25.7 Å². The van der Waals surface area contributed by atoms with Crippen molar-refractivity contribution in [2.75, 3.05) is 0 Å². The molecule has 0 radical (unpaired) electrons. The van der Waals surface area contributed by atoms with Gasteiger partial charge < -0.3 is 4.74 Å². The number of rotatable bonds is 1. The van der Waals surface area contributed by atoms with Gasteiger partial charge >= 0.3 is 0 Å². The Morgan fingerprint density at radius 3 is 2.50 bits per heavy atom. The number of fused-ring (bicyclic) bond motifs is 1. The standard InChI is InChI=1S/C11H20O/c1-11(2,3)7-8-4-5-9-10(6-8)12-9/h8-10H,4-7H2,1-3H3. The van der Waals surface area contributed by atoms with Gasteiger partial charge in [-0.2, -0.15) is 0 Å². The average Bonchev–Trinajstić information content (AvgIpc) is 2.61. The summed E-state index contributed by atoms with van der Waals surface area (Å²) in [6, 6.07) is 0. The van der Waals surface area contributed by atoms with Gasteiger partial charge in [-0.15, -0.1) is 0 Å². The van der Waals surface area contributed by atoms with Crippen LogP contribution in [-0.2, 0) is 4.74 Å². The molecule has 0 spiro atoms. The molecule has 0 aromatic carbocycles. The summed E-state index contributed by atoms with van der Waals surface area (Å²) >= 11 is 0. The first-order valence-corrected chi connectivity index (χ1v) is 5.20. The van der Waals surface area contributed by atoms with Crippen LogP contribution in [0.3, 0.4) is 0 Å². The molecule has 0 aromatic rings. The molecule has 70 valence electrons. The van der Waals surface area contributed by atoms with Gasteiger partial charge in [-0.1, -0.05) is 20.8 Å². The van der Waals surface area contributed by atoms with Crippen molar-refractivity contribution >= 4 is 0 Å². The van der Waals surface area contributed by atoms with E-state index in [0.29, 0.717) is 17.6 Å². The van der Waals surface area contributed by atoms with Crippen molar-refractivity contribution in [1.29, 1.82) is 0 Å². The molecule has 12 heavy (non-hydrogen) atoms. The topological polar surface area (TPSA) is 12.5 Å². The summed E-state index contributed by atoms with van der Waals surface area (Å²) in [4.78, 5) is 0. The lowest BCUT2D eigenvalue weighted by Gasteiger charge is -2.27. The first-order valence-electron chi connectivity index (χ1n) is 5.20. The molecular formula is C11H20O. The molecule has 1 saturated carbocycles. The van der Waals surface area contributed by atoms with Crippen LogP contribution in [0.4, 0.5) is 0 Å². The zero-order chi connectivity index (χ0) is 8.77. The molecule has 2 fully saturated rings. The summed E-state index contributed by atoms with van der Waals surface area (Å²) in [5, 5.41) is 0. The van der Waals surface area contributed by atoms with Crippen LogP contribution in [0.2, 0.25) is 0 Å². The van der Waals surface area contributed by atoms with Crippen LogP contribution in [0, 0.1) is 11.3 Å². The fourth-order valence-corrected chi connectivity index (χ4v) is 2.54. The van der Waals surface area contributed by atoms with Gasteiger partial charge in [0.2, 0.25) is 0 Å². The third kappa shape index (κ3) is 2.01. The minimum atomic E-state index is 0.506. The number of epoxide rings is 1. The highest BCUT2D eigenvalue weighted by Gasteiger charge is 2.44. The van der Waals surface area contributed by atoms with E-state index in [1.54, 1.807) is 0 Å². The third-order valence-electron chi connectivity index (χ3n) is 3.01. The van der Waals surface area contributed by atoms with Crippen LogP contribution in [-0.4, -0.2) is 12.2 Å². The predicted octanol–water partition coefficient (Wildman–Crippen LogP) is 2.99. The van der Waals surface area contributed by atoms with Crippen LogP contribution in [0.15, 0.2) is 0 Å². The highest BCUT2D eigenvalue weighted by atomic mass is 16.6. The van der Waals surface area contributed by atoms with Crippen molar-refractivity contribution in [2.45, 2.75) is 58.7 Å². The molecule has 1 heteroatoms. The molecule has 1 nitrogen and oxygen atoms in total. The predicted molar refractivity (Wildman–Crippen MR) is 50.1 cm³/mol. The number of hydrogen-bond acceptors (Lipinski definition) is 1. The Kier molecular flexibility index (Phi) is 1.95. The van der Waals surface area contributed by atoms with Crippen molar-refractivity contribution in [3.63, 3.8) is 0 Å². The lowest BCUT2D eigenvalue weighted by Crippen LogP contribution is -2.19. The molecule has 2 aliphatic rings. The molecule has 1 aliphatic carbocycles. The highest BCUT2D eigenvalue weighted by molar-refractivity contribution is 4.92. The maximum Gasteiger partial charge on any atom is 0.0844 e. The van der Waals surface area contributed by atoms with E-state index in [4.69, 9.17) is 4.74 Å². The Balaban J connectivity index is 1.81. The van der Waals surface area contributed by atoms with Crippen LogP contribution in [0.5, 0.6) is 0 Å². The fourth-order valence-electron chi connectivity index (χ4n) is 2.54. The van der Waals surface area contributed by atoms with Crippen molar-refractivity contribution in [3.05, 3.63) is 0 Å². The smallest absolute Gasteiger partial charge is 0.0844 e. The van der Waals surface area contributed by atoms with Crippen LogP contribution in [0.1, 0.15) is 46.5 Å². The maximum absolute atomic E-state index is 5.52. The molecule has 0 amide bonds. The second-order valence-electron chi connectivity index (χ2n) is 5.66. The van der Waals surface area contributed by atoms with Crippen LogP contribution in [0.25, 0.3) is 0 Å². The van der Waals surface area contributed by atoms with Gasteiger partial charge in [0.25, 0.3) is 0 Å². The van der Waals surface area contributed by atoms with E-state index in [9.17, 15) is 0 Å². The number of ether oxygens (including phenoxy) is 1. The zero-order valence-electron chi connectivity index (χ0n) is 8.47. The zero-order valence-corrected chi connectivity index (χ0v) is 8.47. The minimum absolute atomic E-state index is 0.506. The Bertz CT molecular complexity index is 168. The quantitative estimate of drug-likeness (QED) is 0.548. The Hall–Kier alpha value is -0.0400. The van der Waals surface area contributed by atoms with Gasteiger partial charge in [-0.3, -0.25) is 0 Å². The number of hydrogen-bond donors (Lipinski definition) is 0. The molecule has 0 N–H and O–H groups in total. The second-order valence-corrected chi connectivity index (χ2v) is 5.66. The summed E-state index contributed by atoms with van der Waals surface area (Å²) in [7, 11) is 0. The van der Waals surface area contributed by atoms with Crippen LogP contribution >= 0.6 is 0 Å². The van der Waals surface area contributed by atoms with Crippen molar-refractivity contribution in [2.24, 2.45) is 11.3 Å². The van der Waals surface area contributed by atoms with Gasteiger partial charge in [0, 0.05) is 0 Å². The average molecular weight is 168 g/mol. The fraction of sp³-hybridized carbons (Fsp3) is 1.00. The van der Waals surface area contributed by atoms with E-state index >= 15 is 0 Å². The van der Waals surface area contributed by atoms with Gasteiger partial charge in [-0.05, 0) is 37.0 Å². The Morgan fingerprint density at radius 2 is 1.92 bits per heavy atom. The Labute approximate surface area is 75.5 Å². The minimum Gasteiger partial charge on any atom is -0.370 e. The first-order chi connectivity index (χ1) is 5.54. The van der Waals surface area contributed by atoms with E-state index in [2.05, 4.69) is 20.8 Å². The highest BCUT2D eigenvalue weighted by Crippen LogP contribution is 2.43. The largest absolute Gasteiger partial charge is 0.370 e. The summed E-state index contributed by atoms with van der Waals surface area (Å²) in [6.07, 6.45) is 6.76. The molecule has 1 saturated heterocycles.